The minimum absolute atomic E-state index is 0.185. The molecule has 2 fully saturated rings. The van der Waals surface area contributed by atoms with Gasteiger partial charge in [-0.3, -0.25) is 4.79 Å². The third-order valence-corrected chi connectivity index (χ3v) is 4.06. The summed E-state index contributed by atoms with van der Waals surface area (Å²) in [7, 11) is 1.68. The highest BCUT2D eigenvalue weighted by molar-refractivity contribution is 5.83. The molecule has 0 bridgehead atoms. The SMILES string of the molecule is COc1cccc(C2CC2C(=O)N2CCNCC2)c1. The Hall–Kier alpha value is -1.55. The van der Waals surface area contributed by atoms with Crippen molar-refractivity contribution in [2.24, 2.45) is 5.92 Å². The molecule has 1 heterocycles. The summed E-state index contributed by atoms with van der Waals surface area (Å²) in [4.78, 5) is 14.4. The Morgan fingerprint density at radius 3 is 2.89 bits per heavy atom. The van der Waals surface area contributed by atoms with Crippen molar-refractivity contribution in [3.63, 3.8) is 0 Å². The molecule has 1 saturated carbocycles. The summed E-state index contributed by atoms with van der Waals surface area (Å²) in [5.41, 5.74) is 1.23. The molecular formula is C15H20N2O2. The molecule has 2 unspecified atom stereocenters. The molecule has 0 spiro atoms. The number of ether oxygens (including phenoxy) is 1. The summed E-state index contributed by atoms with van der Waals surface area (Å²) < 4.78 is 5.24. The molecule has 19 heavy (non-hydrogen) atoms. The van der Waals surface area contributed by atoms with Crippen molar-refractivity contribution >= 4 is 5.91 Å². The Kier molecular flexibility index (Phi) is 3.42. The fraction of sp³-hybridized carbons (Fsp3) is 0.533. The van der Waals surface area contributed by atoms with Crippen LogP contribution in [0.3, 0.4) is 0 Å². The van der Waals surface area contributed by atoms with E-state index in [2.05, 4.69) is 17.4 Å². The van der Waals surface area contributed by atoms with Crippen molar-refractivity contribution in [2.75, 3.05) is 33.3 Å². The molecule has 0 aromatic heterocycles. The highest BCUT2D eigenvalue weighted by atomic mass is 16.5. The number of piperazine rings is 1. The maximum absolute atomic E-state index is 12.4. The zero-order valence-corrected chi connectivity index (χ0v) is 11.3. The van der Waals surface area contributed by atoms with Gasteiger partial charge in [-0.2, -0.15) is 0 Å². The van der Waals surface area contributed by atoms with Crippen LogP contribution in [0.5, 0.6) is 5.75 Å². The number of hydrogen-bond acceptors (Lipinski definition) is 3. The van der Waals surface area contributed by atoms with E-state index in [0.717, 1.165) is 38.3 Å². The number of benzene rings is 1. The molecule has 1 aromatic carbocycles. The highest BCUT2D eigenvalue weighted by Gasteiger charge is 2.45. The van der Waals surface area contributed by atoms with Crippen molar-refractivity contribution in [1.82, 2.24) is 10.2 Å². The standard InChI is InChI=1S/C15H20N2O2/c1-19-12-4-2-3-11(9-12)13-10-14(13)15(18)17-7-5-16-6-8-17/h2-4,9,13-14,16H,5-8,10H2,1H3. The van der Waals surface area contributed by atoms with Crippen LogP contribution in [0.15, 0.2) is 24.3 Å². The minimum atomic E-state index is 0.185. The topological polar surface area (TPSA) is 41.6 Å². The van der Waals surface area contributed by atoms with Gasteiger partial charge in [-0.1, -0.05) is 12.1 Å². The van der Waals surface area contributed by atoms with E-state index in [1.165, 1.54) is 5.56 Å². The van der Waals surface area contributed by atoms with Crippen LogP contribution < -0.4 is 10.1 Å². The molecule has 4 heteroatoms. The van der Waals surface area contributed by atoms with Gasteiger partial charge in [0.05, 0.1) is 7.11 Å². The molecule has 4 nitrogen and oxygen atoms in total. The lowest BCUT2D eigenvalue weighted by Crippen LogP contribution is -2.47. The molecule has 1 N–H and O–H groups in total. The average Bonchev–Trinajstić information content (AvgIpc) is 3.28. The zero-order chi connectivity index (χ0) is 13.2. The second-order valence-electron chi connectivity index (χ2n) is 5.30. The van der Waals surface area contributed by atoms with E-state index in [1.807, 2.05) is 17.0 Å². The van der Waals surface area contributed by atoms with Gasteiger partial charge in [-0.15, -0.1) is 0 Å². The first kappa shape index (κ1) is 12.5. The highest BCUT2D eigenvalue weighted by Crippen LogP contribution is 2.49. The fourth-order valence-corrected chi connectivity index (χ4v) is 2.83. The first-order valence-electron chi connectivity index (χ1n) is 6.93. The minimum Gasteiger partial charge on any atom is -0.497 e. The van der Waals surface area contributed by atoms with Crippen LogP contribution in [0.2, 0.25) is 0 Å². The van der Waals surface area contributed by atoms with Crippen molar-refractivity contribution in [3.8, 4) is 5.75 Å². The average molecular weight is 260 g/mol. The number of nitrogens with one attached hydrogen (secondary N) is 1. The Morgan fingerprint density at radius 1 is 1.37 bits per heavy atom. The number of methoxy groups -OCH3 is 1. The van der Waals surface area contributed by atoms with Crippen LogP contribution in [0.1, 0.15) is 17.9 Å². The number of nitrogens with zero attached hydrogens (tertiary/aromatic N) is 1. The van der Waals surface area contributed by atoms with E-state index < -0.39 is 0 Å². The number of hydrogen-bond donors (Lipinski definition) is 1. The van der Waals surface area contributed by atoms with Crippen LogP contribution in [0, 0.1) is 5.92 Å². The zero-order valence-electron chi connectivity index (χ0n) is 11.3. The lowest BCUT2D eigenvalue weighted by atomic mass is 10.1. The Labute approximate surface area is 113 Å². The Bertz CT molecular complexity index is 469. The van der Waals surface area contributed by atoms with Crippen molar-refractivity contribution in [1.29, 1.82) is 0 Å². The summed E-state index contributed by atoms with van der Waals surface area (Å²) in [5.74, 6) is 1.77. The molecule has 102 valence electrons. The Morgan fingerprint density at radius 2 is 2.16 bits per heavy atom. The van der Waals surface area contributed by atoms with E-state index in [4.69, 9.17) is 4.74 Å². The molecule has 1 saturated heterocycles. The van der Waals surface area contributed by atoms with E-state index >= 15 is 0 Å². The van der Waals surface area contributed by atoms with Crippen molar-refractivity contribution in [3.05, 3.63) is 29.8 Å². The van der Waals surface area contributed by atoms with E-state index in [0.29, 0.717) is 11.8 Å². The van der Waals surface area contributed by atoms with Gasteiger partial charge in [0.15, 0.2) is 0 Å². The normalized spacial score (nSPS) is 26.1. The quantitative estimate of drug-likeness (QED) is 0.889. The molecule has 1 amide bonds. The van der Waals surface area contributed by atoms with Gasteiger partial charge in [-0.25, -0.2) is 0 Å². The molecule has 1 aliphatic carbocycles. The molecule has 2 aliphatic rings. The van der Waals surface area contributed by atoms with Crippen LogP contribution in [0.4, 0.5) is 0 Å². The lowest BCUT2D eigenvalue weighted by Gasteiger charge is -2.27. The van der Waals surface area contributed by atoms with Crippen LogP contribution in [-0.4, -0.2) is 44.1 Å². The monoisotopic (exact) mass is 260 g/mol. The molecule has 1 aromatic rings. The van der Waals surface area contributed by atoms with E-state index in [1.54, 1.807) is 7.11 Å². The van der Waals surface area contributed by atoms with Gasteiger partial charge in [0.2, 0.25) is 5.91 Å². The van der Waals surface area contributed by atoms with E-state index in [-0.39, 0.29) is 5.92 Å². The number of rotatable bonds is 3. The Balaban J connectivity index is 1.64. The smallest absolute Gasteiger partial charge is 0.226 e. The number of carbonyl (C=O) groups is 1. The number of amides is 1. The maximum atomic E-state index is 12.4. The van der Waals surface area contributed by atoms with Crippen molar-refractivity contribution in [2.45, 2.75) is 12.3 Å². The first-order chi connectivity index (χ1) is 9.29. The largest absolute Gasteiger partial charge is 0.497 e. The first-order valence-corrected chi connectivity index (χ1v) is 6.93. The van der Waals surface area contributed by atoms with Gasteiger partial charge >= 0.3 is 0 Å². The predicted molar refractivity (Wildman–Crippen MR) is 73.3 cm³/mol. The summed E-state index contributed by atoms with van der Waals surface area (Å²) in [6, 6.07) is 8.09. The third-order valence-electron chi connectivity index (χ3n) is 4.06. The molecule has 2 atom stereocenters. The summed E-state index contributed by atoms with van der Waals surface area (Å²) >= 11 is 0. The number of carbonyl (C=O) groups excluding carboxylic acids is 1. The van der Waals surface area contributed by atoms with Crippen LogP contribution >= 0.6 is 0 Å². The lowest BCUT2D eigenvalue weighted by molar-refractivity contribution is -0.133. The van der Waals surface area contributed by atoms with Crippen LogP contribution in [-0.2, 0) is 4.79 Å². The second kappa shape index (κ2) is 5.21. The van der Waals surface area contributed by atoms with Crippen LogP contribution in [0.25, 0.3) is 0 Å². The fourth-order valence-electron chi connectivity index (χ4n) is 2.83. The second-order valence-corrected chi connectivity index (χ2v) is 5.30. The van der Waals surface area contributed by atoms with Gasteiger partial charge < -0.3 is 15.0 Å². The maximum Gasteiger partial charge on any atom is 0.226 e. The van der Waals surface area contributed by atoms with Gasteiger partial charge in [-0.05, 0) is 30.0 Å². The van der Waals surface area contributed by atoms with Gasteiger partial charge in [0, 0.05) is 32.1 Å². The van der Waals surface area contributed by atoms with E-state index in [9.17, 15) is 4.79 Å². The molecular weight excluding hydrogens is 240 g/mol. The molecule has 1 aliphatic heterocycles. The summed E-state index contributed by atoms with van der Waals surface area (Å²) in [5, 5.41) is 3.28. The van der Waals surface area contributed by atoms with Gasteiger partial charge in [0.1, 0.15) is 5.75 Å². The summed E-state index contributed by atoms with van der Waals surface area (Å²) in [6.07, 6.45) is 0.982. The summed E-state index contributed by atoms with van der Waals surface area (Å²) in [6.45, 7) is 3.53. The van der Waals surface area contributed by atoms with Gasteiger partial charge in [0.25, 0.3) is 0 Å². The molecule has 3 rings (SSSR count). The predicted octanol–water partition coefficient (Wildman–Crippen LogP) is 1.23. The third kappa shape index (κ3) is 2.59. The van der Waals surface area contributed by atoms with Crippen molar-refractivity contribution < 1.29 is 9.53 Å². The molecule has 0 radical (unpaired) electrons.